The zero-order chi connectivity index (χ0) is 13.4. The van der Waals surface area contributed by atoms with Crippen LogP contribution >= 0.6 is 0 Å². The van der Waals surface area contributed by atoms with Gasteiger partial charge in [-0.05, 0) is 42.5 Å². The normalized spacial score (nSPS) is 26.1. The average Bonchev–Trinajstić information content (AvgIpc) is 3.12. The summed E-state index contributed by atoms with van der Waals surface area (Å²) in [6.07, 6.45) is 1.28. The number of hydrogen-bond donors (Lipinski definition) is 2. The fourth-order valence-corrected chi connectivity index (χ4v) is 2.85. The van der Waals surface area contributed by atoms with Crippen LogP contribution in [0.2, 0.25) is 0 Å². The molecule has 0 radical (unpaired) electrons. The van der Waals surface area contributed by atoms with Crippen LogP contribution < -0.4 is 15.4 Å². The fourth-order valence-electron chi connectivity index (χ4n) is 2.85. The van der Waals surface area contributed by atoms with Gasteiger partial charge in [0.2, 0.25) is 0 Å². The minimum absolute atomic E-state index is 0.0792. The predicted molar refractivity (Wildman–Crippen MR) is 74.3 cm³/mol. The van der Waals surface area contributed by atoms with E-state index >= 15 is 0 Å². The molecule has 1 amide bonds. The molecule has 1 aromatic rings. The van der Waals surface area contributed by atoms with Gasteiger partial charge < -0.3 is 15.4 Å². The van der Waals surface area contributed by atoms with Crippen LogP contribution in [0.1, 0.15) is 31.9 Å². The minimum Gasteiger partial charge on any atom is -0.482 e. The van der Waals surface area contributed by atoms with E-state index in [1.54, 1.807) is 0 Å². The van der Waals surface area contributed by atoms with Crippen LogP contribution in [0.15, 0.2) is 18.2 Å². The van der Waals surface area contributed by atoms with Gasteiger partial charge >= 0.3 is 0 Å². The van der Waals surface area contributed by atoms with E-state index in [0.29, 0.717) is 12.0 Å². The number of carbonyl (C=O) groups is 1. The molecule has 0 spiro atoms. The molecule has 4 heteroatoms. The summed E-state index contributed by atoms with van der Waals surface area (Å²) < 4.78 is 5.40. The smallest absolute Gasteiger partial charge is 0.262 e. The highest BCUT2D eigenvalue weighted by Gasteiger charge is 2.40. The Morgan fingerprint density at radius 1 is 1.53 bits per heavy atom. The highest BCUT2D eigenvalue weighted by Crippen LogP contribution is 2.47. The quantitative estimate of drug-likeness (QED) is 0.873. The lowest BCUT2D eigenvalue weighted by Crippen LogP contribution is -2.27. The molecule has 2 aliphatic rings. The predicted octanol–water partition coefficient (Wildman–Crippen LogP) is 2.32. The maximum Gasteiger partial charge on any atom is 0.262 e. The number of nitrogens with one attached hydrogen (secondary N) is 2. The second-order valence-corrected chi connectivity index (χ2v) is 5.50. The van der Waals surface area contributed by atoms with Gasteiger partial charge in [-0.2, -0.15) is 0 Å². The Morgan fingerprint density at radius 2 is 2.32 bits per heavy atom. The summed E-state index contributed by atoms with van der Waals surface area (Å²) in [5.74, 6) is 2.18. The van der Waals surface area contributed by atoms with Crippen molar-refractivity contribution in [3.05, 3.63) is 23.8 Å². The second-order valence-electron chi connectivity index (χ2n) is 5.50. The van der Waals surface area contributed by atoms with Gasteiger partial charge in [0, 0.05) is 6.04 Å². The number of amides is 1. The Hall–Kier alpha value is -1.55. The largest absolute Gasteiger partial charge is 0.482 e. The van der Waals surface area contributed by atoms with Gasteiger partial charge in [-0.3, -0.25) is 4.79 Å². The molecule has 3 rings (SSSR count). The molecule has 1 heterocycles. The maximum atomic E-state index is 11.4. The number of hydrogen-bond acceptors (Lipinski definition) is 3. The van der Waals surface area contributed by atoms with Gasteiger partial charge in [0.05, 0.1) is 5.69 Å². The van der Waals surface area contributed by atoms with Crippen LogP contribution in [0.3, 0.4) is 0 Å². The van der Waals surface area contributed by atoms with Crippen molar-refractivity contribution in [1.82, 2.24) is 5.32 Å². The molecule has 0 aromatic heterocycles. The summed E-state index contributed by atoms with van der Waals surface area (Å²) in [6, 6.07) is 6.49. The van der Waals surface area contributed by atoms with E-state index in [0.717, 1.165) is 23.9 Å². The van der Waals surface area contributed by atoms with Crippen molar-refractivity contribution in [3.8, 4) is 5.75 Å². The molecule has 0 saturated heterocycles. The van der Waals surface area contributed by atoms with E-state index in [-0.39, 0.29) is 12.5 Å². The first-order chi connectivity index (χ1) is 9.19. The van der Waals surface area contributed by atoms with Crippen molar-refractivity contribution in [2.45, 2.75) is 26.3 Å². The molecule has 2 N–H and O–H groups in total. The van der Waals surface area contributed by atoms with E-state index in [4.69, 9.17) is 4.74 Å². The van der Waals surface area contributed by atoms with Gasteiger partial charge in [0.15, 0.2) is 6.61 Å². The van der Waals surface area contributed by atoms with Gasteiger partial charge in [-0.25, -0.2) is 0 Å². The van der Waals surface area contributed by atoms with Crippen molar-refractivity contribution in [2.75, 3.05) is 18.5 Å². The van der Waals surface area contributed by atoms with E-state index in [1.165, 1.54) is 12.0 Å². The molecule has 1 aliphatic heterocycles. The monoisotopic (exact) mass is 260 g/mol. The van der Waals surface area contributed by atoms with Crippen molar-refractivity contribution in [1.29, 1.82) is 0 Å². The van der Waals surface area contributed by atoms with Crippen LogP contribution in [0, 0.1) is 11.8 Å². The Labute approximate surface area is 113 Å². The van der Waals surface area contributed by atoms with Crippen molar-refractivity contribution >= 4 is 11.6 Å². The van der Waals surface area contributed by atoms with Crippen molar-refractivity contribution in [2.24, 2.45) is 11.8 Å². The Balaban J connectivity index is 1.87. The number of fused-ring (bicyclic) bond motifs is 1. The average molecular weight is 260 g/mol. The molecule has 3 atom stereocenters. The first-order valence-corrected chi connectivity index (χ1v) is 6.99. The highest BCUT2D eigenvalue weighted by molar-refractivity contribution is 5.95. The standard InChI is InChI=1S/C15H20N2O2/c1-3-16-15(11-6-9(11)2)10-4-5-13-12(7-10)17-14(18)8-19-13/h4-5,7,9,11,15-16H,3,6,8H2,1-2H3,(H,17,18). The molecule has 19 heavy (non-hydrogen) atoms. The summed E-state index contributed by atoms with van der Waals surface area (Å²) in [6.45, 7) is 5.48. The third kappa shape index (κ3) is 2.45. The number of rotatable bonds is 4. The number of carbonyl (C=O) groups excluding carboxylic acids is 1. The first-order valence-electron chi connectivity index (χ1n) is 6.99. The van der Waals surface area contributed by atoms with E-state index in [1.807, 2.05) is 12.1 Å². The summed E-state index contributed by atoms with van der Waals surface area (Å²) in [5.41, 5.74) is 2.03. The highest BCUT2D eigenvalue weighted by atomic mass is 16.5. The number of ether oxygens (including phenoxy) is 1. The van der Waals surface area contributed by atoms with Gasteiger partial charge in [0.1, 0.15) is 5.75 Å². The van der Waals surface area contributed by atoms with E-state index < -0.39 is 0 Å². The molecule has 102 valence electrons. The molecule has 4 nitrogen and oxygen atoms in total. The van der Waals surface area contributed by atoms with Crippen LogP contribution in [0.25, 0.3) is 0 Å². The molecule has 1 fully saturated rings. The molecule has 1 aliphatic carbocycles. The molecular weight excluding hydrogens is 240 g/mol. The van der Waals surface area contributed by atoms with Gasteiger partial charge in [0.25, 0.3) is 5.91 Å². The minimum atomic E-state index is -0.0792. The van der Waals surface area contributed by atoms with Crippen LogP contribution in [0.5, 0.6) is 5.75 Å². The maximum absolute atomic E-state index is 11.4. The van der Waals surface area contributed by atoms with Gasteiger partial charge in [-0.15, -0.1) is 0 Å². The second kappa shape index (κ2) is 4.85. The Morgan fingerprint density at radius 3 is 3.00 bits per heavy atom. The van der Waals surface area contributed by atoms with Gasteiger partial charge in [-0.1, -0.05) is 19.9 Å². The SMILES string of the molecule is CCNC(c1ccc2c(c1)NC(=O)CO2)C1CC1C. The number of benzene rings is 1. The van der Waals surface area contributed by atoms with Crippen LogP contribution in [-0.2, 0) is 4.79 Å². The van der Waals surface area contributed by atoms with Crippen molar-refractivity contribution in [3.63, 3.8) is 0 Å². The lowest BCUT2D eigenvalue weighted by molar-refractivity contribution is -0.118. The molecule has 3 unspecified atom stereocenters. The lowest BCUT2D eigenvalue weighted by atomic mass is 10.00. The zero-order valence-corrected chi connectivity index (χ0v) is 11.4. The molecule has 1 saturated carbocycles. The summed E-state index contributed by atoms with van der Waals surface area (Å²) in [4.78, 5) is 11.4. The summed E-state index contributed by atoms with van der Waals surface area (Å²) >= 11 is 0. The Bertz CT molecular complexity index is 501. The Kier molecular flexibility index (Phi) is 3.19. The van der Waals surface area contributed by atoms with Crippen LogP contribution in [0.4, 0.5) is 5.69 Å². The van der Waals surface area contributed by atoms with E-state index in [9.17, 15) is 4.79 Å². The molecule has 1 aromatic carbocycles. The summed E-state index contributed by atoms with van der Waals surface area (Å²) in [7, 11) is 0. The summed E-state index contributed by atoms with van der Waals surface area (Å²) in [5, 5.41) is 6.43. The third-order valence-electron chi connectivity index (χ3n) is 4.02. The fraction of sp³-hybridized carbons (Fsp3) is 0.533. The topological polar surface area (TPSA) is 50.4 Å². The number of anilines is 1. The lowest BCUT2D eigenvalue weighted by Gasteiger charge is -2.23. The van der Waals surface area contributed by atoms with E-state index in [2.05, 4.69) is 30.5 Å². The van der Waals surface area contributed by atoms with Crippen molar-refractivity contribution < 1.29 is 9.53 Å². The first kappa shape index (κ1) is 12.5. The molecule has 0 bridgehead atoms. The molecular formula is C15H20N2O2. The van der Waals surface area contributed by atoms with Crippen LogP contribution in [-0.4, -0.2) is 19.1 Å². The third-order valence-corrected chi connectivity index (χ3v) is 4.02. The zero-order valence-electron chi connectivity index (χ0n) is 11.4.